The number of hydrogen-bond donors (Lipinski definition) is 0. The van der Waals surface area contributed by atoms with E-state index in [9.17, 15) is 4.79 Å². The normalized spacial score (nSPS) is 23.1. The van der Waals surface area contributed by atoms with Crippen molar-refractivity contribution in [1.82, 2.24) is 0 Å². The van der Waals surface area contributed by atoms with Gasteiger partial charge >= 0.3 is 5.97 Å². The number of carbonyl (C=O) groups excluding carboxylic acids is 1. The molecule has 0 fully saturated rings. The van der Waals surface area contributed by atoms with Gasteiger partial charge in [0, 0.05) is 0 Å². The predicted octanol–water partition coefficient (Wildman–Crippen LogP) is 3.22. The number of benzene rings is 1. The Hall–Kier alpha value is -1.57. The Kier molecular flexibility index (Phi) is 3.05. The molecule has 0 N–H and O–H groups in total. The Bertz CT molecular complexity index is 462. The molecule has 0 saturated carbocycles. The lowest BCUT2D eigenvalue weighted by atomic mass is 9.69. The predicted molar refractivity (Wildman–Crippen MR) is 68.5 cm³/mol. The van der Waals surface area contributed by atoms with E-state index in [-0.39, 0.29) is 5.97 Å². The largest absolute Gasteiger partial charge is 0.465 e. The lowest BCUT2D eigenvalue weighted by Gasteiger charge is -2.34. The van der Waals surface area contributed by atoms with Gasteiger partial charge in [0.05, 0.1) is 12.0 Å². The summed E-state index contributed by atoms with van der Waals surface area (Å²) in [5, 5.41) is 0. The molecule has 1 atom stereocenters. The highest BCUT2D eigenvalue weighted by atomic mass is 16.5. The van der Waals surface area contributed by atoms with Crippen molar-refractivity contribution in [3.05, 3.63) is 42.0 Å². The fourth-order valence-corrected chi connectivity index (χ4v) is 2.38. The van der Waals surface area contributed by atoms with E-state index < -0.39 is 5.41 Å². The number of aryl methyl sites for hydroxylation is 1. The van der Waals surface area contributed by atoms with Crippen LogP contribution in [0.15, 0.2) is 30.8 Å². The van der Waals surface area contributed by atoms with Gasteiger partial charge in [-0.1, -0.05) is 30.8 Å². The average molecular weight is 230 g/mol. The third-order valence-electron chi connectivity index (χ3n) is 3.63. The number of rotatable bonds is 2. The molecule has 17 heavy (non-hydrogen) atoms. The lowest BCUT2D eigenvalue weighted by Crippen LogP contribution is -2.34. The number of fused-ring (bicyclic) bond motifs is 1. The van der Waals surface area contributed by atoms with Gasteiger partial charge in [0.15, 0.2) is 0 Å². The average Bonchev–Trinajstić information content (AvgIpc) is 2.35. The van der Waals surface area contributed by atoms with Crippen molar-refractivity contribution >= 4 is 11.5 Å². The first-order chi connectivity index (χ1) is 8.09. The summed E-state index contributed by atoms with van der Waals surface area (Å²) in [4.78, 5) is 12.1. The monoisotopic (exact) mass is 230 g/mol. The second-order valence-corrected chi connectivity index (χ2v) is 4.69. The molecular formula is C15H18O2. The first-order valence-electron chi connectivity index (χ1n) is 6.04. The summed E-state index contributed by atoms with van der Waals surface area (Å²) in [6.45, 7) is 8.30. The van der Waals surface area contributed by atoms with Crippen LogP contribution in [0.4, 0.5) is 0 Å². The Morgan fingerprint density at radius 2 is 2.18 bits per heavy atom. The van der Waals surface area contributed by atoms with Crippen molar-refractivity contribution in [2.45, 2.75) is 26.7 Å². The van der Waals surface area contributed by atoms with E-state index >= 15 is 0 Å². The Morgan fingerprint density at radius 3 is 2.88 bits per heavy atom. The van der Waals surface area contributed by atoms with E-state index in [1.54, 1.807) is 0 Å². The minimum atomic E-state index is -0.565. The molecule has 0 amide bonds. The highest BCUT2D eigenvalue weighted by molar-refractivity contribution is 5.93. The second kappa shape index (κ2) is 4.36. The first-order valence-corrected chi connectivity index (χ1v) is 6.04. The molecule has 0 aromatic heterocycles. The first kappa shape index (κ1) is 11.9. The Morgan fingerprint density at radius 1 is 1.47 bits per heavy atom. The summed E-state index contributed by atoms with van der Waals surface area (Å²) in [6.07, 6.45) is 1.69. The van der Waals surface area contributed by atoms with Crippen LogP contribution in [0, 0.1) is 5.41 Å². The minimum Gasteiger partial charge on any atom is -0.465 e. The summed E-state index contributed by atoms with van der Waals surface area (Å²) in [5.74, 6) is -0.153. The number of hydrogen-bond acceptors (Lipinski definition) is 2. The van der Waals surface area contributed by atoms with Gasteiger partial charge in [0.1, 0.15) is 0 Å². The van der Waals surface area contributed by atoms with E-state index in [0.717, 1.165) is 24.0 Å². The number of ether oxygens (including phenoxy) is 1. The number of esters is 1. The van der Waals surface area contributed by atoms with Crippen LogP contribution in [0.3, 0.4) is 0 Å². The van der Waals surface area contributed by atoms with Crippen molar-refractivity contribution in [1.29, 1.82) is 0 Å². The van der Waals surface area contributed by atoms with Gasteiger partial charge in [0.2, 0.25) is 0 Å². The number of carbonyl (C=O) groups is 1. The third-order valence-corrected chi connectivity index (χ3v) is 3.63. The van der Waals surface area contributed by atoms with Gasteiger partial charge in [-0.05, 0) is 43.4 Å². The zero-order valence-corrected chi connectivity index (χ0v) is 10.5. The van der Waals surface area contributed by atoms with Gasteiger partial charge in [-0.2, -0.15) is 0 Å². The molecule has 0 saturated heterocycles. The zero-order valence-electron chi connectivity index (χ0n) is 10.5. The van der Waals surface area contributed by atoms with Crippen LogP contribution >= 0.6 is 0 Å². The molecule has 0 aliphatic heterocycles. The summed E-state index contributed by atoms with van der Waals surface area (Å²) in [5.41, 5.74) is 2.70. The molecule has 0 bridgehead atoms. The van der Waals surface area contributed by atoms with Crippen molar-refractivity contribution < 1.29 is 9.53 Å². The lowest BCUT2D eigenvalue weighted by molar-refractivity contribution is -0.151. The van der Waals surface area contributed by atoms with Crippen molar-refractivity contribution in [3.8, 4) is 0 Å². The van der Waals surface area contributed by atoms with Crippen LogP contribution in [-0.4, -0.2) is 12.6 Å². The smallest absolute Gasteiger partial charge is 0.316 e. The molecule has 1 unspecified atom stereocenters. The molecular weight excluding hydrogens is 212 g/mol. The maximum Gasteiger partial charge on any atom is 0.316 e. The van der Waals surface area contributed by atoms with E-state index in [0.29, 0.717) is 6.61 Å². The molecule has 2 nitrogen and oxygen atoms in total. The van der Waals surface area contributed by atoms with E-state index in [1.807, 2.05) is 32.0 Å². The molecule has 1 aromatic rings. The van der Waals surface area contributed by atoms with Crippen LogP contribution in [0.1, 0.15) is 31.4 Å². The van der Waals surface area contributed by atoms with Crippen LogP contribution in [0.2, 0.25) is 0 Å². The highest BCUT2D eigenvalue weighted by Crippen LogP contribution is 2.44. The van der Waals surface area contributed by atoms with Crippen molar-refractivity contribution in [2.75, 3.05) is 6.61 Å². The fraction of sp³-hybridized carbons (Fsp3) is 0.400. The molecule has 2 rings (SSSR count). The maximum absolute atomic E-state index is 12.1. The molecule has 1 aromatic carbocycles. The zero-order chi connectivity index (χ0) is 12.5. The molecule has 90 valence electrons. The van der Waals surface area contributed by atoms with E-state index in [2.05, 4.69) is 12.6 Å². The Balaban J connectivity index is 2.37. The molecule has 1 aliphatic rings. The molecule has 1 aliphatic carbocycles. The van der Waals surface area contributed by atoms with Gasteiger partial charge in [0.25, 0.3) is 0 Å². The second-order valence-electron chi connectivity index (χ2n) is 4.69. The van der Waals surface area contributed by atoms with Crippen molar-refractivity contribution in [3.63, 3.8) is 0 Å². The topological polar surface area (TPSA) is 26.3 Å². The van der Waals surface area contributed by atoms with Crippen molar-refractivity contribution in [2.24, 2.45) is 5.41 Å². The highest BCUT2D eigenvalue weighted by Gasteiger charge is 2.41. The maximum atomic E-state index is 12.1. The summed E-state index contributed by atoms with van der Waals surface area (Å²) in [6, 6.07) is 8.15. The minimum absolute atomic E-state index is 0.153. The molecule has 0 spiro atoms. The van der Waals surface area contributed by atoms with E-state index in [1.165, 1.54) is 5.56 Å². The Labute approximate surface area is 102 Å². The summed E-state index contributed by atoms with van der Waals surface area (Å²) in [7, 11) is 0. The quantitative estimate of drug-likeness (QED) is 0.729. The summed E-state index contributed by atoms with van der Waals surface area (Å²) < 4.78 is 5.17. The van der Waals surface area contributed by atoms with Crippen LogP contribution in [0.25, 0.3) is 5.57 Å². The van der Waals surface area contributed by atoms with Gasteiger partial charge in [-0.3, -0.25) is 4.79 Å². The van der Waals surface area contributed by atoms with Crippen LogP contribution in [0.5, 0.6) is 0 Å². The third kappa shape index (κ3) is 1.88. The standard InChI is InChI=1S/C15H18O2/c1-4-17-14(16)15(3)10-9-12-7-5-6-8-13(12)11(15)2/h5-8H,2,4,9-10H2,1,3H3. The van der Waals surface area contributed by atoms with Gasteiger partial charge in [-0.15, -0.1) is 0 Å². The fourth-order valence-electron chi connectivity index (χ4n) is 2.38. The van der Waals surface area contributed by atoms with Crippen LogP contribution < -0.4 is 0 Å². The molecule has 2 heteroatoms. The van der Waals surface area contributed by atoms with Crippen LogP contribution in [-0.2, 0) is 16.0 Å². The summed E-state index contributed by atoms with van der Waals surface area (Å²) >= 11 is 0. The molecule has 0 heterocycles. The molecule has 0 radical (unpaired) electrons. The van der Waals surface area contributed by atoms with Gasteiger partial charge < -0.3 is 4.74 Å². The SMILES string of the molecule is C=C1c2ccccc2CCC1(C)C(=O)OCC. The van der Waals surface area contributed by atoms with Gasteiger partial charge in [-0.25, -0.2) is 0 Å². The van der Waals surface area contributed by atoms with E-state index in [4.69, 9.17) is 4.74 Å².